The Balaban J connectivity index is 2.23. The highest BCUT2D eigenvalue weighted by Crippen LogP contribution is 2.17. The maximum absolute atomic E-state index is 13.3. The standard InChI is InChI=1S/C16H18FN3/c1-3-19-12(2)16-5-4-8-20(16)11-13-6-7-15(17)14(9-13)10-18/h4-9,12,19H,3,11H2,1-2H3. The van der Waals surface area contributed by atoms with E-state index in [4.69, 9.17) is 5.26 Å². The molecule has 0 radical (unpaired) electrons. The number of rotatable bonds is 5. The molecule has 0 saturated carbocycles. The third kappa shape index (κ3) is 3.06. The van der Waals surface area contributed by atoms with Gasteiger partial charge < -0.3 is 9.88 Å². The lowest BCUT2D eigenvalue weighted by atomic mass is 10.1. The lowest BCUT2D eigenvalue weighted by molar-refractivity contribution is 0.553. The molecule has 1 aromatic heterocycles. The van der Waals surface area contributed by atoms with Crippen molar-refractivity contribution >= 4 is 0 Å². The fraction of sp³-hybridized carbons (Fsp3) is 0.312. The summed E-state index contributed by atoms with van der Waals surface area (Å²) in [5, 5.41) is 12.2. The van der Waals surface area contributed by atoms with Crippen molar-refractivity contribution in [1.29, 1.82) is 5.26 Å². The van der Waals surface area contributed by atoms with Gasteiger partial charge in [0.25, 0.3) is 0 Å². The Morgan fingerprint density at radius 3 is 2.90 bits per heavy atom. The van der Waals surface area contributed by atoms with Crippen LogP contribution in [0.15, 0.2) is 36.5 Å². The first kappa shape index (κ1) is 14.3. The minimum absolute atomic E-state index is 0.0935. The summed E-state index contributed by atoms with van der Waals surface area (Å²) in [6.45, 7) is 5.72. The van der Waals surface area contributed by atoms with Gasteiger partial charge in [-0.15, -0.1) is 0 Å². The summed E-state index contributed by atoms with van der Waals surface area (Å²) in [6, 6.07) is 10.9. The lowest BCUT2D eigenvalue weighted by Gasteiger charge is -2.16. The molecule has 0 amide bonds. The normalized spacial score (nSPS) is 12.1. The summed E-state index contributed by atoms with van der Waals surface area (Å²) in [4.78, 5) is 0. The average Bonchev–Trinajstić information content (AvgIpc) is 2.89. The first-order valence-electron chi connectivity index (χ1n) is 6.72. The summed E-state index contributed by atoms with van der Waals surface area (Å²) >= 11 is 0. The van der Waals surface area contributed by atoms with Crippen LogP contribution in [0.4, 0.5) is 4.39 Å². The van der Waals surface area contributed by atoms with Gasteiger partial charge in [-0.2, -0.15) is 5.26 Å². The Morgan fingerprint density at radius 2 is 2.20 bits per heavy atom. The predicted octanol–water partition coefficient (Wildman–Crippen LogP) is 3.22. The molecule has 1 aromatic carbocycles. The molecule has 0 spiro atoms. The number of halogens is 1. The number of aromatic nitrogens is 1. The van der Waals surface area contributed by atoms with Gasteiger partial charge in [-0.1, -0.05) is 13.0 Å². The third-order valence-corrected chi connectivity index (χ3v) is 3.32. The topological polar surface area (TPSA) is 40.8 Å². The van der Waals surface area contributed by atoms with E-state index < -0.39 is 5.82 Å². The van der Waals surface area contributed by atoms with Crippen molar-refractivity contribution in [3.05, 3.63) is 59.2 Å². The van der Waals surface area contributed by atoms with Crippen molar-refractivity contribution in [2.45, 2.75) is 26.4 Å². The second-order valence-electron chi connectivity index (χ2n) is 4.77. The van der Waals surface area contributed by atoms with E-state index in [0.717, 1.165) is 12.1 Å². The molecule has 0 saturated heterocycles. The molecule has 104 valence electrons. The highest BCUT2D eigenvalue weighted by atomic mass is 19.1. The van der Waals surface area contributed by atoms with Crippen molar-refractivity contribution in [2.24, 2.45) is 0 Å². The van der Waals surface area contributed by atoms with Crippen molar-refractivity contribution < 1.29 is 4.39 Å². The van der Waals surface area contributed by atoms with Gasteiger partial charge in [0.15, 0.2) is 0 Å². The average molecular weight is 271 g/mol. The molecule has 0 bridgehead atoms. The largest absolute Gasteiger partial charge is 0.346 e. The van der Waals surface area contributed by atoms with Crippen LogP contribution < -0.4 is 5.32 Å². The molecule has 2 rings (SSSR count). The predicted molar refractivity (Wildman–Crippen MR) is 76.7 cm³/mol. The highest BCUT2D eigenvalue weighted by Gasteiger charge is 2.10. The Bertz CT molecular complexity index is 625. The highest BCUT2D eigenvalue weighted by molar-refractivity contribution is 5.34. The molecule has 0 fully saturated rings. The Morgan fingerprint density at radius 1 is 1.40 bits per heavy atom. The molecule has 1 unspecified atom stereocenters. The molecule has 1 heterocycles. The van der Waals surface area contributed by atoms with E-state index in [1.54, 1.807) is 12.1 Å². The van der Waals surface area contributed by atoms with Gasteiger partial charge in [0.2, 0.25) is 0 Å². The summed E-state index contributed by atoms with van der Waals surface area (Å²) < 4.78 is 15.4. The van der Waals surface area contributed by atoms with E-state index in [9.17, 15) is 4.39 Å². The molecule has 0 aliphatic carbocycles. The van der Waals surface area contributed by atoms with Gasteiger partial charge in [0.05, 0.1) is 5.56 Å². The molecule has 2 aromatic rings. The van der Waals surface area contributed by atoms with Crippen LogP contribution in [0.5, 0.6) is 0 Å². The molecule has 20 heavy (non-hydrogen) atoms. The quantitative estimate of drug-likeness (QED) is 0.907. The summed E-state index contributed by atoms with van der Waals surface area (Å²) in [5.74, 6) is -0.468. The molecule has 1 N–H and O–H groups in total. The first-order valence-corrected chi connectivity index (χ1v) is 6.72. The maximum Gasteiger partial charge on any atom is 0.140 e. The fourth-order valence-electron chi connectivity index (χ4n) is 2.33. The van der Waals surface area contributed by atoms with Gasteiger partial charge in [0, 0.05) is 24.5 Å². The van der Waals surface area contributed by atoms with Crippen LogP contribution in [0.3, 0.4) is 0 Å². The smallest absolute Gasteiger partial charge is 0.140 e. The monoisotopic (exact) mass is 271 g/mol. The number of hydrogen-bond acceptors (Lipinski definition) is 2. The minimum Gasteiger partial charge on any atom is -0.346 e. The zero-order valence-electron chi connectivity index (χ0n) is 11.7. The van der Waals surface area contributed by atoms with Gasteiger partial charge >= 0.3 is 0 Å². The van der Waals surface area contributed by atoms with Crippen molar-refractivity contribution in [3.63, 3.8) is 0 Å². The summed E-state index contributed by atoms with van der Waals surface area (Å²) in [7, 11) is 0. The van der Waals surface area contributed by atoms with E-state index in [1.807, 2.05) is 18.3 Å². The van der Waals surface area contributed by atoms with Crippen LogP contribution in [-0.4, -0.2) is 11.1 Å². The van der Waals surface area contributed by atoms with E-state index >= 15 is 0 Å². The zero-order chi connectivity index (χ0) is 14.5. The molecule has 0 aliphatic heterocycles. The van der Waals surface area contributed by atoms with E-state index in [1.165, 1.54) is 11.8 Å². The van der Waals surface area contributed by atoms with Crippen LogP contribution in [0, 0.1) is 17.1 Å². The van der Waals surface area contributed by atoms with Gasteiger partial charge in [-0.3, -0.25) is 0 Å². The lowest BCUT2D eigenvalue weighted by Crippen LogP contribution is -2.20. The molecule has 0 aliphatic rings. The van der Waals surface area contributed by atoms with Gasteiger partial charge in [-0.05, 0) is 43.3 Å². The molecule has 4 heteroatoms. The van der Waals surface area contributed by atoms with Crippen molar-refractivity contribution in [1.82, 2.24) is 9.88 Å². The number of nitrogens with zero attached hydrogens (tertiary/aromatic N) is 2. The van der Waals surface area contributed by atoms with Gasteiger partial charge in [-0.25, -0.2) is 4.39 Å². The van der Waals surface area contributed by atoms with Crippen LogP contribution in [0.1, 0.15) is 36.7 Å². The van der Waals surface area contributed by atoms with E-state index in [0.29, 0.717) is 6.54 Å². The SMILES string of the molecule is CCNC(C)c1cccn1Cc1ccc(F)c(C#N)c1. The molecular formula is C16H18FN3. The second-order valence-corrected chi connectivity index (χ2v) is 4.77. The Kier molecular flexibility index (Phi) is 4.54. The minimum atomic E-state index is -0.468. The van der Waals surface area contributed by atoms with E-state index in [2.05, 4.69) is 29.8 Å². The second kappa shape index (κ2) is 6.36. The van der Waals surface area contributed by atoms with Crippen LogP contribution in [-0.2, 0) is 6.54 Å². The molecular weight excluding hydrogens is 253 g/mol. The fourth-order valence-corrected chi connectivity index (χ4v) is 2.33. The summed E-state index contributed by atoms with van der Waals surface area (Å²) in [5.41, 5.74) is 2.19. The third-order valence-electron chi connectivity index (χ3n) is 3.32. The Labute approximate surface area is 118 Å². The summed E-state index contributed by atoms with van der Waals surface area (Å²) in [6.07, 6.45) is 2.00. The molecule has 1 atom stereocenters. The van der Waals surface area contributed by atoms with Crippen molar-refractivity contribution in [3.8, 4) is 6.07 Å². The number of benzene rings is 1. The maximum atomic E-state index is 13.3. The van der Waals surface area contributed by atoms with Crippen molar-refractivity contribution in [2.75, 3.05) is 6.54 Å². The van der Waals surface area contributed by atoms with Crippen LogP contribution >= 0.6 is 0 Å². The number of hydrogen-bond donors (Lipinski definition) is 1. The zero-order valence-corrected chi connectivity index (χ0v) is 11.7. The number of nitriles is 1. The molecule has 3 nitrogen and oxygen atoms in total. The Hall–Kier alpha value is -2.12. The number of nitrogens with one attached hydrogen (secondary N) is 1. The van der Waals surface area contributed by atoms with Crippen LogP contribution in [0.2, 0.25) is 0 Å². The van der Waals surface area contributed by atoms with Gasteiger partial charge in [0.1, 0.15) is 11.9 Å². The van der Waals surface area contributed by atoms with E-state index in [-0.39, 0.29) is 11.6 Å². The first-order chi connectivity index (χ1) is 9.65. The van der Waals surface area contributed by atoms with Crippen LogP contribution in [0.25, 0.3) is 0 Å².